The Kier molecular flexibility index (Phi) is 3.64. The molecule has 2 aliphatic heterocycles. The van der Waals surface area contributed by atoms with Crippen LogP contribution >= 0.6 is 0 Å². The maximum Gasteiger partial charge on any atom is 0.246 e. The van der Waals surface area contributed by atoms with Crippen molar-refractivity contribution in [2.45, 2.75) is 78.4 Å². The van der Waals surface area contributed by atoms with Gasteiger partial charge >= 0.3 is 0 Å². The second kappa shape index (κ2) is 4.74. The monoisotopic (exact) mass is 280 g/mol. The molecule has 0 aromatic carbocycles. The molecule has 2 amide bonds. The van der Waals surface area contributed by atoms with Crippen LogP contribution in [0.15, 0.2) is 0 Å². The SMILES string of the molecule is CC1C(=O)N2CCCC2C(=O)N1C(C)(C)CC(C)(C)C. The van der Waals surface area contributed by atoms with E-state index < -0.39 is 0 Å². The summed E-state index contributed by atoms with van der Waals surface area (Å²) in [5, 5.41) is 0. The third-order valence-corrected chi connectivity index (χ3v) is 4.42. The van der Waals surface area contributed by atoms with Crippen LogP contribution in [-0.2, 0) is 9.59 Å². The summed E-state index contributed by atoms with van der Waals surface area (Å²) in [5.74, 6) is 0.262. The fourth-order valence-corrected chi connectivity index (χ4v) is 4.19. The number of hydrogen-bond acceptors (Lipinski definition) is 2. The summed E-state index contributed by atoms with van der Waals surface area (Å²) >= 11 is 0. The molecule has 0 aromatic heterocycles. The van der Waals surface area contributed by atoms with Crippen molar-refractivity contribution in [2.24, 2.45) is 5.41 Å². The van der Waals surface area contributed by atoms with E-state index in [2.05, 4.69) is 34.6 Å². The first-order valence-corrected chi connectivity index (χ1v) is 7.68. The number of nitrogens with zero attached hydrogens (tertiary/aromatic N) is 2. The molecule has 0 N–H and O–H groups in total. The molecule has 2 atom stereocenters. The Morgan fingerprint density at radius 1 is 1.10 bits per heavy atom. The zero-order valence-electron chi connectivity index (χ0n) is 13.7. The Hall–Kier alpha value is -1.06. The van der Waals surface area contributed by atoms with E-state index in [9.17, 15) is 9.59 Å². The Morgan fingerprint density at radius 2 is 1.70 bits per heavy atom. The summed E-state index contributed by atoms with van der Waals surface area (Å²) in [6.07, 6.45) is 2.65. The number of hydrogen-bond donors (Lipinski definition) is 0. The van der Waals surface area contributed by atoms with E-state index in [0.29, 0.717) is 0 Å². The minimum absolute atomic E-state index is 0.120. The highest BCUT2D eigenvalue weighted by atomic mass is 16.2. The second-order valence-corrected chi connectivity index (χ2v) is 8.12. The lowest BCUT2D eigenvalue weighted by atomic mass is 9.79. The van der Waals surface area contributed by atoms with Crippen LogP contribution in [0.25, 0.3) is 0 Å². The molecule has 2 aliphatic rings. The van der Waals surface area contributed by atoms with E-state index in [0.717, 1.165) is 25.8 Å². The molecule has 0 radical (unpaired) electrons. The van der Waals surface area contributed by atoms with Crippen molar-refractivity contribution in [2.75, 3.05) is 6.54 Å². The number of fused-ring (bicyclic) bond motifs is 1. The maximum absolute atomic E-state index is 12.8. The molecule has 4 nitrogen and oxygen atoms in total. The summed E-state index contributed by atoms with van der Waals surface area (Å²) in [6.45, 7) is 13.3. The van der Waals surface area contributed by atoms with E-state index in [-0.39, 0.29) is 34.9 Å². The van der Waals surface area contributed by atoms with E-state index in [1.165, 1.54) is 0 Å². The van der Waals surface area contributed by atoms with Gasteiger partial charge in [0.25, 0.3) is 0 Å². The average Bonchev–Trinajstić information content (AvgIpc) is 2.71. The highest BCUT2D eigenvalue weighted by molar-refractivity contribution is 5.97. The molecule has 0 aliphatic carbocycles. The minimum Gasteiger partial charge on any atom is -0.329 e. The Balaban J connectivity index is 2.30. The topological polar surface area (TPSA) is 40.6 Å². The zero-order chi connectivity index (χ0) is 15.3. The van der Waals surface area contributed by atoms with E-state index in [1.807, 2.05) is 11.8 Å². The summed E-state index contributed by atoms with van der Waals surface area (Å²) < 4.78 is 0. The highest BCUT2D eigenvalue weighted by Gasteiger charge is 2.50. The summed E-state index contributed by atoms with van der Waals surface area (Å²) in [4.78, 5) is 29.0. The minimum atomic E-state index is -0.339. The van der Waals surface area contributed by atoms with E-state index in [1.54, 1.807) is 4.90 Å². The molecular weight excluding hydrogens is 252 g/mol. The molecule has 0 aromatic rings. The molecule has 2 saturated heterocycles. The molecular formula is C16H28N2O2. The molecule has 0 bridgehead atoms. The lowest BCUT2D eigenvalue weighted by molar-refractivity contribution is -0.166. The van der Waals surface area contributed by atoms with Crippen LogP contribution in [0.5, 0.6) is 0 Å². The molecule has 0 spiro atoms. The Bertz CT molecular complexity index is 423. The van der Waals surface area contributed by atoms with Crippen molar-refractivity contribution in [3.63, 3.8) is 0 Å². The van der Waals surface area contributed by atoms with Crippen molar-refractivity contribution in [3.8, 4) is 0 Å². The van der Waals surface area contributed by atoms with Gasteiger partial charge in [-0.05, 0) is 45.4 Å². The first-order chi connectivity index (χ1) is 9.04. The zero-order valence-corrected chi connectivity index (χ0v) is 13.7. The van der Waals surface area contributed by atoms with Crippen molar-refractivity contribution < 1.29 is 9.59 Å². The molecule has 0 saturated carbocycles. The highest BCUT2D eigenvalue weighted by Crippen LogP contribution is 2.37. The van der Waals surface area contributed by atoms with Crippen molar-refractivity contribution in [1.29, 1.82) is 0 Å². The van der Waals surface area contributed by atoms with Crippen LogP contribution in [0.1, 0.15) is 60.8 Å². The first kappa shape index (κ1) is 15.3. The third kappa shape index (κ3) is 2.57. The van der Waals surface area contributed by atoms with Gasteiger partial charge < -0.3 is 9.80 Å². The van der Waals surface area contributed by atoms with Crippen LogP contribution in [0.4, 0.5) is 0 Å². The van der Waals surface area contributed by atoms with Crippen LogP contribution in [0, 0.1) is 5.41 Å². The number of carbonyl (C=O) groups is 2. The van der Waals surface area contributed by atoms with E-state index >= 15 is 0 Å². The second-order valence-electron chi connectivity index (χ2n) is 8.12. The normalized spacial score (nSPS) is 28.1. The standard InChI is InChI=1S/C16H28N2O2/c1-11-13(19)17-9-7-8-12(17)14(20)18(11)16(5,6)10-15(2,3)4/h11-12H,7-10H2,1-6H3. The molecule has 114 valence electrons. The molecule has 2 heterocycles. The van der Waals surface area contributed by atoms with Gasteiger partial charge in [0.15, 0.2) is 0 Å². The Morgan fingerprint density at radius 3 is 2.25 bits per heavy atom. The van der Waals surface area contributed by atoms with Gasteiger partial charge in [0.05, 0.1) is 0 Å². The van der Waals surface area contributed by atoms with Crippen LogP contribution in [0.2, 0.25) is 0 Å². The molecule has 2 fully saturated rings. The first-order valence-electron chi connectivity index (χ1n) is 7.68. The Labute approximate surface area is 122 Å². The van der Waals surface area contributed by atoms with Crippen LogP contribution < -0.4 is 0 Å². The maximum atomic E-state index is 12.8. The molecule has 2 unspecified atom stereocenters. The van der Waals surface area contributed by atoms with Gasteiger partial charge in [-0.1, -0.05) is 20.8 Å². The number of piperazine rings is 1. The summed E-state index contributed by atoms with van der Waals surface area (Å²) in [5.41, 5.74) is -0.168. The van der Waals surface area contributed by atoms with Gasteiger partial charge in [0, 0.05) is 12.1 Å². The average molecular weight is 280 g/mol. The van der Waals surface area contributed by atoms with Crippen molar-refractivity contribution >= 4 is 11.8 Å². The molecule has 4 heteroatoms. The van der Waals surface area contributed by atoms with Crippen LogP contribution in [-0.4, -0.2) is 45.8 Å². The third-order valence-electron chi connectivity index (χ3n) is 4.42. The number of amides is 2. The van der Waals surface area contributed by atoms with Crippen molar-refractivity contribution in [3.05, 3.63) is 0 Å². The summed E-state index contributed by atoms with van der Waals surface area (Å²) in [6, 6.07) is -0.549. The quantitative estimate of drug-likeness (QED) is 0.779. The smallest absolute Gasteiger partial charge is 0.246 e. The van der Waals surface area contributed by atoms with Gasteiger partial charge in [-0.15, -0.1) is 0 Å². The van der Waals surface area contributed by atoms with Gasteiger partial charge in [0.1, 0.15) is 12.1 Å². The largest absolute Gasteiger partial charge is 0.329 e. The number of carbonyl (C=O) groups excluding carboxylic acids is 2. The lowest BCUT2D eigenvalue weighted by Gasteiger charge is -2.50. The van der Waals surface area contributed by atoms with Crippen molar-refractivity contribution in [1.82, 2.24) is 9.80 Å². The van der Waals surface area contributed by atoms with Gasteiger partial charge in [-0.3, -0.25) is 9.59 Å². The summed E-state index contributed by atoms with van der Waals surface area (Å²) in [7, 11) is 0. The lowest BCUT2D eigenvalue weighted by Crippen LogP contribution is -2.67. The predicted molar refractivity (Wildman–Crippen MR) is 79.2 cm³/mol. The molecule has 20 heavy (non-hydrogen) atoms. The molecule has 2 rings (SSSR count). The van der Waals surface area contributed by atoms with Crippen LogP contribution in [0.3, 0.4) is 0 Å². The van der Waals surface area contributed by atoms with Gasteiger partial charge in [-0.2, -0.15) is 0 Å². The number of rotatable bonds is 2. The van der Waals surface area contributed by atoms with Gasteiger partial charge in [-0.25, -0.2) is 0 Å². The fourth-order valence-electron chi connectivity index (χ4n) is 4.19. The van der Waals surface area contributed by atoms with E-state index in [4.69, 9.17) is 0 Å². The van der Waals surface area contributed by atoms with Gasteiger partial charge in [0.2, 0.25) is 11.8 Å². The predicted octanol–water partition coefficient (Wildman–Crippen LogP) is 2.42. The fraction of sp³-hybridized carbons (Fsp3) is 0.875.